The van der Waals surface area contributed by atoms with Gasteiger partial charge in [-0.3, -0.25) is 0 Å². The summed E-state index contributed by atoms with van der Waals surface area (Å²) in [6, 6.07) is 7.64. The molecule has 2 rings (SSSR count). The summed E-state index contributed by atoms with van der Waals surface area (Å²) < 4.78 is 1.01. The molecule has 1 atom stereocenters. The number of aromatic nitrogens is 1. The number of nitriles is 1. The molecule has 7 heteroatoms. The van der Waals surface area contributed by atoms with Crippen molar-refractivity contribution in [2.45, 2.75) is 30.0 Å². The van der Waals surface area contributed by atoms with Crippen LogP contribution in [0, 0.1) is 31.1 Å². The molecule has 0 unspecified atom stereocenters. The van der Waals surface area contributed by atoms with Gasteiger partial charge in [-0.1, -0.05) is 11.8 Å². The van der Waals surface area contributed by atoms with Crippen molar-refractivity contribution in [3.8, 4) is 6.07 Å². The second-order valence-electron chi connectivity index (χ2n) is 5.20. The van der Waals surface area contributed by atoms with Gasteiger partial charge in [0.25, 0.3) is 0 Å². The second-order valence-corrected chi connectivity index (χ2v) is 7.38. The molecule has 0 saturated heterocycles. The number of rotatable bonds is 5. The summed E-state index contributed by atoms with van der Waals surface area (Å²) >= 11 is 3.23. The van der Waals surface area contributed by atoms with Crippen LogP contribution in [-0.2, 0) is 0 Å². The van der Waals surface area contributed by atoms with E-state index in [0.717, 1.165) is 26.2 Å². The molecule has 1 aromatic carbocycles. The highest BCUT2D eigenvalue weighted by Crippen LogP contribution is 2.32. The minimum Gasteiger partial charge on any atom is -0.337 e. The number of anilines is 1. The van der Waals surface area contributed by atoms with Crippen molar-refractivity contribution in [3.05, 3.63) is 34.8 Å². The van der Waals surface area contributed by atoms with Gasteiger partial charge < -0.3 is 10.6 Å². The third-order valence-electron chi connectivity index (χ3n) is 3.04. The second kappa shape index (κ2) is 7.99. The molecular weight excluding hydrogens is 328 g/mol. The molecule has 2 amide bonds. The molecule has 0 fully saturated rings. The van der Waals surface area contributed by atoms with Gasteiger partial charge in [-0.15, -0.1) is 11.3 Å². The Morgan fingerprint density at radius 3 is 2.87 bits per heavy atom. The lowest BCUT2D eigenvalue weighted by molar-refractivity contribution is 0.251. The smallest absolute Gasteiger partial charge is 0.319 e. The largest absolute Gasteiger partial charge is 0.337 e. The summed E-state index contributed by atoms with van der Waals surface area (Å²) in [5.74, 6) is -0.206. The molecule has 1 aromatic heterocycles. The van der Waals surface area contributed by atoms with Crippen molar-refractivity contribution in [2.75, 3.05) is 11.9 Å². The number of hydrogen-bond acceptors (Lipinski definition) is 5. The third-order valence-corrected chi connectivity index (χ3v) is 5.08. The van der Waals surface area contributed by atoms with E-state index in [4.69, 9.17) is 5.26 Å². The Morgan fingerprint density at radius 2 is 2.26 bits per heavy atom. The summed E-state index contributed by atoms with van der Waals surface area (Å²) in [4.78, 5) is 17.3. The Hall–Kier alpha value is -2.04. The number of benzene rings is 1. The molecule has 0 spiro atoms. The van der Waals surface area contributed by atoms with Crippen LogP contribution in [0.4, 0.5) is 10.5 Å². The first kappa shape index (κ1) is 17.3. The normalized spacial score (nSPS) is 11.6. The van der Waals surface area contributed by atoms with Gasteiger partial charge >= 0.3 is 6.03 Å². The zero-order valence-corrected chi connectivity index (χ0v) is 14.8. The molecule has 0 bridgehead atoms. The van der Waals surface area contributed by atoms with Crippen LogP contribution in [-0.4, -0.2) is 17.6 Å². The number of hydrogen-bond donors (Lipinski definition) is 2. The Bertz CT molecular complexity index is 736. The predicted octanol–water partition coefficient (Wildman–Crippen LogP) is 4.19. The fourth-order valence-corrected chi connectivity index (χ4v) is 3.69. The van der Waals surface area contributed by atoms with E-state index in [1.165, 1.54) is 0 Å². The number of aryl methyl sites for hydroxylation is 2. The lowest BCUT2D eigenvalue weighted by Crippen LogP contribution is -2.32. The molecule has 0 aliphatic heterocycles. The Kier molecular flexibility index (Phi) is 6.02. The van der Waals surface area contributed by atoms with E-state index < -0.39 is 0 Å². The number of carbonyl (C=O) groups excluding carboxylic acids is 1. The van der Waals surface area contributed by atoms with Crippen LogP contribution in [0.3, 0.4) is 0 Å². The highest BCUT2D eigenvalue weighted by Gasteiger charge is 2.08. The minimum absolute atomic E-state index is 0.206. The molecule has 0 aliphatic rings. The Balaban J connectivity index is 1.96. The Labute approximate surface area is 144 Å². The van der Waals surface area contributed by atoms with Crippen molar-refractivity contribution >= 4 is 34.8 Å². The van der Waals surface area contributed by atoms with E-state index in [-0.39, 0.29) is 11.9 Å². The fraction of sp³-hybridized carbons (Fsp3) is 0.312. The van der Waals surface area contributed by atoms with Crippen molar-refractivity contribution < 1.29 is 4.79 Å². The summed E-state index contributed by atoms with van der Waals surface area (Å²) in [5.41, 5.74) is 2.76. The van der Waals surface area contributed by atoms with Gasteiger partial charge in [0.05, 0.1) is 12.0 Å². The van der Waals surface area contributed by atoms with Crippen LogP contribution >= 0.6 is 23.1 Å². The lowest BCUT2D eigenvalue weighted by atomic mass is 10.2. The van der Waals surface area contributed by atoms with Crippen LogP contribution in [0.2, 0.25) is 0 Å². The van der Waals surface area contributed by atoms with E-state index in [0.29, 0.717) is 6.54 Å². The first-order valence-corrected chi connectivity index (χ1v) is 8.82. The molecule has 23 heavy (non-hydrogen) atoms. The van der Waals surface area contributed by atoms with Gasteiger partial charge in [0.2, 0.25) is 0 Å². The molecule has 2 N–H and O–H groups in total. The first-order valence-electron chi connectivity index (χ1n) is 7.13. The fourth-order valence-electron chi connectivity index (χ4n) is 1.78. The average Bonchev–Trinajstić information content (AvgIpc) is 2.92. The number of nitrogens with one attached hydrogen (secondary N) is 2. The molecule has 5 nitrogen and oxygen atoms in total. The standard InChI is InChI=1S/C16H18N4OS2/c1-10(7-17)8-18-15(21)20-14-5-4-13(6-11(14)2)23-16-19-12(3)9-22-16/h4-6,9-10H,8H2,1-3H3,(H2,18,20,21)/t10-/m0/s1. The van der Waals surface area contributed by atoms with Crippen molar-refractivity contribution in [3.63, 3.8) is 0 Å². The predicted molar refractivity (Wildman–Crippen MR) is 94.0 cm³/mol. The van der Waals surface area contributed by atoms with Gasteiger partial charge in [-0.2, -0.15) is 5.26 Å². The number of nitrogens with zero attached hydrogens (tertiary/aromatic N) is 2. The van der Waals surface area contributed by atoms with E-state index >= 15 is 0 Å². The average molecular weight is 346 g/mol. The zero-order valence-electron chi connectivity index (χ0n) is 13.2. The number of thiazole rings is 1. The number of urea groups is 1. The van der Waals surface area contributed by atoms with E-state index in [9.17, 15) is 4.79 Å². The zero-order chi connectivity index (χ0) is 16.8. The first-order chi connectivity index (χ1) is 11.0. The quantitative estimate of drug-likeness (QED) is 0.851. The molecular formula is C16H18N4OS2. The van der Waals surface area contributed by atoms with E-state index in [1.807, 2.05) is 37.4 Å². The van der Waals surface area contributed by atoms with Crippen LogP contribution in [0.1, 0.15) is 18.2 Å². The van der Waals surface area contributed by atoms with Crippen LogP contribution in [0.25, 0.3) is 0 Å². The van der Waals surface area contributed by atoms with Crippen molar-refractivity contribution in [1.82, 2.24) is 10.3 Å². The van der Waals surface area contributed by atoms with Gasteiger partial charge in [-0.05, 0) is 44.5 Å². The van der Waals surface area contributed by atoms with Gasteiger partial charge in [0, 0.05) is 28.2 Å². The van der Waals surface area contributed by atoms with Crippen LogP contribution in [0.5, 0.6) is 0 Å². The maximum atomic E-state index is 11.8. The van der Waals surface area contributed by atoms with Crippen molar-refractivity contribution in [2.24, 2.45) is 5.92 Å². The minimum atomic E-state index is -0.300. The summed E-state index contributed by atoms with van der Waals surface area (Å²) in [7, 11) is 0. The monoisotopic (exact) mass is 346 g/mol. The van der Waals surface area contributed by atoms with Gasteiger partial charge in [0.1, 0.15) is 0 Å². The molecule has 120 valence electrons. The van der Waals surface area contributed by atoms with Crippen molar-refractivity contribution in [1.29, 1.82) is 5.26 Å². The molecule has 1 heterocycles. The van der Waals surface area contributed by atoms with Crippen LogP contribution < -0.4 is 10.6 Å². The number of carbonyl (C=O) groups is 1. The van der Waals surface area contributed by atoms with Gasteiger partial charge in [0.15, 0.2) is 4.34 Å². The van der Waals surface area contributed by atoms with E-state index in [1.54, 1.807) is 30.0 Å². The van der Waals surface area contributed by atoms with Crippen LogP contribution in [0.15, 0.2) is 32.8 Å². The topological polar surface area (TPSA) is 77.8 Å². The summed E-state index contributed by atoms with van der Waals surface area (Å²) in [6.07, 6.45) is 0. The summed E-state index contributed by atoms with van der Waals surface area (Å²) in [5, 5.41) is 16.2. The molecule has 2 aromatic rings. The highest BCUT2D eigenvalue weighted by atomic mass is 32.2. The maximum absolute atomic E-state index is 11.8. The number of amides is 2. The van der Waals surface area contributed by atoms with Gasteiger partial charge in [-0.25, -0.2) is 9.78 Å². The SMILES string of the molecule is Cc1csc(Sc2ccc(NC(=O)NC[C@@H](C)C#N)c(C)c2)n1. The summed E-state index contributed by atoms with van der Waals surface area (Å²) in [6.45, 7) is 6.02. The lowest BCUT2D eigenvalue weighted by Gasteiger charge is -2.11. The Morgan fingerprint density at radius 1 is 1.48 bits per heavy atom. The van der Waals surface area contributed by atoms with E-state index in [2.05, 4.69) is 21.7 Å². The maximum Gasteiger partial charge on any atom is 0.319 e. The molecule has 0 radical (unpaired) electrons. The molecule has 0 saturated carbocycles. The third kappa shape index (κ3) is 5.27. The molecule has 0 aliphatic carbocycles. The highest BCUT2D eigenvalue weighted by molar-refractivity contribution is 8.01.